The Labute approximate surface area is 116 Å². The van der Waals surface area contributed by atoms with Crippen LogP contribution in [-0.2, 0) is 16.1 Å². The fourth-order valence-corrected chi connectivity index (χ4v) is 2.61. The molecule has 104 valence electrons. The van der Waals surface area contributed by atoms with Crippen LogP contribution in [0.5, 0.6) is 5.75 Å². The van der Waals surface area contributed by atoms with Gasteiger partial charge in [-0.1, -0.05) is 11.6 Å². The van der Waals surface area contributed by atoms with Gasteiger partial charge in [0.15, 0.2) is 5.75 Å². The lowest BCUT2D eigenvalue weighted by Gasteiger charge is -2.16. The van der Waals surface area contributed by atoms with Crippen LogP contribution >= 0.6 is 11.6 Å². The van der Waals surface area contributed by atoms with E-state index in [1.54, 1.807) is 12.1 Å². The molecule has 1 heterocycles. The van der Waals surface area contributed by atoms with Crippen molar-refractivity contribution < 1.29 is 14.6 Å². The van der Waals surface area contributed by atoms with Crippen molar-refractivity contribution in [2.24, 2.45) is 5.92 Å². The number of hydrogen-bond donors (Lipinski definition) is 2. The Morgan fingerprint density at radius 1 is 1.63 bits per heavy atom. The third-order valence-electron chi connectivity index (χ3n) is 3.37. The molecule has 0 aliphatic carbocycles. The molecule has 0 bridgehead atoms. The molecule has 0 amide bonds. The van der Waals surface area contributed by atoms with Crippen LogP contribution in [0, 0.1) is 5.92 Å². The summed E-state index contributed by atoms with van der Waals surface area (Å²) in [6, 6.07) is 3.39. The van der Waals surface area contributed by atoms with Gasteiger partial charge in [0.25, 0.3) is 0 Å². The second-order valence-corrected chi connectivity index (χ2v) is 5.17. The summed E-state index contributed by atoms with van der Waals surface area (Å²) in [5.41, 5.74) is 6.86. The van der Waals surface area contributed by atoms with Gasteiger partial charge in [-0.15, -0.1) is 0 Å². The number of aromatic hydroxyl groups is 1. The first-order valence-corrected chi connectivity index (χ1v) is 6.46. The molecule has 1 fully saturated rings. The maximum atomic E-state index is 11.4. The van der Waals surface area contributed by atoms with Crippen LogP contribution < -0.4 is 5.73 Å². The highest BCUT2D eigenvalue weighted by Gasteiger charge is 2.28. The van der Waals surface area contributed by atoms with E-state index in [1.165, 1.54) is 7.11 Å². The van der Waals surface area contributed by atoms with Crippen molar-refractivity contribution in [3.8, 4) is 5.75 Å². The quantitative estimate of drug-likeness (QED) is 0.501. The van der Waals surface area contributed by atoms with Crippen molar-refractivity contribution >= 4 is 23.3 Å². The number of nitrogens with zero attached hydrogens (tertiary/aromatic N) is 1. The first-order valence-electron chi connectivity index (χ1n) is 6.08. The largest absolute Gasteiger partial charge is 0.504 e. The molecule has 1 atom stereocenters. The minimum atomic E-state index is -0.161. The number of methoxy groups -OCH3 is 1. The van der Waals surface area contributed by atoms with Crippen LogP contribution in [0.3, 0.4) is 0 Å². The van der Waals surface area contributed by atoms with E-state index in [9.17, 15) is 9.90 Å². The van der Waals surface area contributed by atoms with E-state index >= 15 is 0 Å². The Morgan fingerprint density at radius 3 is 3.00 bits per heavy atom. The van der Waals surface area contributed by atoms with Crippen LogP contribution in [0.4, 0.5) is 5.69 Å². The summed E-state index contributed by atoms with van der Waals surface area (Å²) in [5, 5.41) is 9.76. The average molecular weight is 285 g/mol. The smallest absolute Gasteiger partial charge is 0.310 e. The van der Waals surface area contributed by atoms with Gasteiger partial charge in [0, 0.05) is 13.1 Å². The summed E-state index contributed by atoms with van der Waals surface area (Å²) in [6.45, 7) is 2.15. The van der Waals surface area contributed by atoms with Crippen LogP contribution in [0.15, 0.2) is 12.1 Å². The third kappa shape index (κ3) is 3.11. The SMILES string of the molecule is COC(=O)[C@@H]1CCN(Cc2cc(N)c(O)c(Cl)c2)C1. The minimum absolute atomic E-state index is 0.0602. The minimum Gasteiger partial charge on any atom is -0.504 e. The first-order chi connectivity index (χ1) is 9.01. The van der Waals surface area contributed by atoms with E-state index in [0.717, 1.165) is 18.5 Å². The lowest BCUT2D eigenvalue weighted by molar-refractivity contribution is -0.144. The number of likely N-dealkylation sites (tertiary alicyclic amines) is 1. The molecule has 1 aliphatic heterocycles. The van der Waals surface area contributed by atoms with E-state index < -0.39 is 0 Å². The maximum Gasteiger partial charge on any atom is 0.310 e. The molecule has 5 nitrogen and oxygen atoms in total. The summed E-state index contributed by atoms with van der Waals surface area (Å²) in [6.07, 6.45) is 0.800. The second-order valence-electron chi connectivity index (χ2n) is 4.76. The Morgan fingerprint density at radius 2 is 2.37 bits per heavy atom. The monoisotopic (exact) mass is 284 g/mol. The van der Waals surface area contributed by atoms with Crippen LogP contribution in [0.1, 0.15) is 12.0 Å². The molecular weight excluding hydrogens is 268 g/mol. The molecule has 0 saturated carbocycles. The molecule has 0 unspecified atom stereocenters. The van der Waals surface area contributed by atoms with Crippen LogP contribution in [-0.4, -0.2) is 36.2 Å². The third-order valence-corrected chi connectivity index (χ3v) is 3.65. The average Bonchev–Trinajstić information content (AvgIpc) is 2.83. The molecule has 1 aromatic carbocycles. The molecule has 1 aromatic rings. The molecule has 3 N–H and O–H groups in total. The Bertz CT molecular complexity index is 470. The number of rotatable bonds is 3. The van der Waals surface area contributed by atoms with Gasteiger partial charge in [-0.3, -0.25) is 9.69 Å². The number of nitrogens with two attached hydrogens (primary N) is 1. The van der Waals surface area contributed by atoms with Crippen LogP contribution in [0.25, 0.3) is 0 Å². The molecule has 0 aromatic heterocycles. The standard InChI is InChI=1S/C13H17ClN2O3/c1-19-13(18)9-2-3-16(7-9)6-8-4-10(14)12(17)11(15)5-8/h4-5,9,17H,2-3,6-7,15H2,1H3/t9-/m1/s1. The van der Waals surface area contributed by atoms with Gasteiger partial charge in [0.2, 0.25) is 0 Å². The van der Waals surface area contributed by atoms with Crippen molar-refractivity contribution in [2.75, 3.05) is 25.9 Å². The van der Waals surface area contributed by atoms with Crippen molar-refractivity contribution in [3.63, 3.8) is 0 Å². The number of esters is 1. The van der Waals surface area contributed by atoms with Crippen molar-refractivity contribution in [1.82, 2.24) is 4.90 Å². The summed E-state index contributed by atoms with van der Waals surface area (Å²) in [5.74, 6) is -0.306. The van der Waals surface area contributed by atoms with Gasteiger partial charge < -0.3 is 15.6 Å². The number of ether oxygens (including phenoxy) is 1. The van der Waals surface area contributed by atoms with E-state index in [0.29, 0.717) is 13.1 Å². The fourth-order valence-electron chi connectivity index (χ4n) is 2.36. The molecule has 2 rings (SSSR count). The highest BCUT2D eigenvalue weighted by Crippen LogP contribution is 2.32. The lowest BCUT2D eigenvalue weighted by Crippen LogP contribution is -2.23. The molecule has 1 aliphatic rings. The number of anilines is 1. The van der Waals surface area contributed by atoms with Gasteiger partial charge in [-0.25, -0.2) is 0 Å². The number of carbonyl (C=O) groups is 1. The Balaban J connectivity index is 2.01. The second kappa shape index (κ2) is 5.67. The first kappa shape index (κ1) is 14.0. The number of phenolic OH excluding ortho intramolecular Hbond substituents is 1. The van der Waals surface area contributed by atoms with Gasteiger partial charge >= 0.3 is 5.97 Å². The van der Waals surface area contributed by atoms with Gasteiger partial charge in [-0.05, 0) is 30.7 Å². The maximum absolute atomic E-state index is 11.4. The van der Waals surface area contributed by atoms with Gasteiger partial charge in [0.05, 0.1) is 23.7 Å². The number of benzene rings is 1. The number of nitrogen functional groups attached to an aromatic ring is 1. The number of carbonyl (C=O) groups excluding carboxylic acids is 1. The zero-order valence-electron chi connectivity index (χ0n) is 10.7. The Kier molecular flexibility index (Phi) is 4.17. The molecule has 1 saturated heterocycles. The highest BCUT2D eigenvalue weighted by atomic mass is 35.5. The van der Waals surface area contributed by atoms with E-state index in [4.69, 9.17) is 22.1 Å². The molecule has 0 radical (unpaired) electrons. The van der Waals surface area contributed by atoms with Gasteiger partial charge in [-0.2, -0.15) is 0 Å². The van der Waals surface area contributed by atoms with Crippen molar-refractivity contribution in [3.05, 3.63) is 22.7 Å². The highest BCUT2D eigenvalue weighted by molar-refractivity contribution is 6.32. The summed E-state index contributed by atoms with van der Waals surface area (Å²) < 4.78 is 4.75. The Hall–Kier alpha value is -1.46. The molecule has 6 heteroatoms. The fraction of sp³-hybridized carbons (Fsp3) is 0.462. The molecule has 0 spiro atoms. The van der Waals surface area contributed by atoms with E-state index in [2.05, 4.69) is 4.90 Å². The predicted octanol–water partition coefficient (Wildman–Crippen LogP) is 1.62. The lowest BCUT2D eigenvalue weighted by atomic mass is 10.1. The topological polar surface area (TPSA) is 75.8 Å². The molecular formula is C13H17ClN2O3. The number of halogens is 1. The number of phenols is 1. The van der Waals surface area contributed by atoms with E-state index in [1.807, 2.05) is 0 Å². The zero-order chi connectivity index (χ0) is 14.0. The summed E-state index contributed by atoms with van der Waals surface area (Å²) in [7, 11) is 1.41. The van der Waals surface area contributed by atoms with Crippen molar-refractivity contribution in [2.45, 2.75) is 13.0 Å². The number of hydrogen-bond acceptors (Lipinski definition) is 5. The predicted molar refractivity (Wildman–Crippen MR) is 72.9 cm³/mol. The van der Waals surface area contributed by atoms with Gasteiger partial charge in [0.1, 0.15) is 0 Å². The van der Waals surface area contributed by atoms with Crippen LogP contribution in [0.2, 0.25) is 5.02 Å². The molecule has 19 heavy (non-hydrogen) atoms. The zero-order valence-corrected chi connectivity index (χ0v) is 11.5. The summed E-state index contributed by atoms with van der Waals surface area (Å²) >= 11 is 5.88. The normalized spacial score (nSPS) is 19.6. The van der Waals surface area contributed by atoms with Crippen molar-refractivity contribution in [1.29, 1.82) is 0 Å². The summed E-state index contributed by atoms with van der Waals surface area (Å²) in [4.78, 5) is 13.6. The van der Waals surface area contributed by atoms with E-state index in [-0.39, 0.29) is 28.3 Å².